The van der Waals surface area contributed by atoms with Gasteiger partial charge in [0.1, 0.15) is 11.9 Å². The van der Waals surface area contributed by atoms with Gasteiger partial charge in [0, 0.05) is 35.2 Å². The molecule has 1 unspecified atom stereocenters. The van der Waals surface area contributed by atoms with Gasteiger partial charge in [-0.05, 0) is 72.9 Å². The fourth-order valence-corrected chi connectivity index (χ4v) is 5.94. The molecule has 226 valence electrons. The number of H-pyrrole nitrogens is 1. The zero-order valence-corrected chi connectivity index (χ0v) is 24.8. The molecule has 1 atom stereocenters. The number of hydrogen-bond donors (Lipinski definition) is 2. The first-order chi connectivity index (χ1) is 20.9. The number of aromatic amines is 1. The molecule has 1 fully saturated rings. The van der Waals surface area contributed by atoms with Gasteiger partial charge in [0.05, 0.1) is 21.3 Å². The van der Waals surface area contributed by atoms with Crippen molar-refractivity contribution in [2.45, 2.75) is 57.0 Å². The lowest BCUT2D eigenvalue weighted by atomic mass is 9.94. The minimum Gasteiger partial charge on any atom is -0.493 e. The Balaban J connectivity index is 1.58. The maximum atomic E-state index is 14.3. The molecule has 1 aromatic heterocycles. The molecule has 0 aliphatic heterocycles. The van der Waals surface area contributed by atoms with Crippen LogP contribution in [-0.4, -0.2) is 44.2 Å². The second-order valence-electron chi connectivity index (χ2n) is 10.8. The fourth-order valence-electron chi connectivity index (χ4n) is 5.94. The van der Waals surface area contributed by atoms with Crippen LogP contribution in [0.1, 0.15) is 55.7 Å². The number of fused-ring (bicyclic) bond motifs is 1. The van der Waals surface area contributed by atoms with Gasteiger partial charge in [-0.3, -0.25) is 14.5 Å². The summed E-state index contributed by atoms with van der Waals surface area (Å²) in [5.74, 6) is 0.0423. The number of rotatable bonds is 11. The molecule has 43 heavy (non-hydrogen) atoms. The minimum atomic E-state index is -1.09. The number of halogens is 1. The molecule has 1 heterocycles. The van der Waals surface area contributed by atoms with Crippen molar-refractivity contribution < 1.29 is 28.2 Å². The number of ether oxygens (including phenoxy) is 3. The highest BCUT2D eigenvalue weighted by Gasteiger charge is 2.35. The first-order valence-corrected chi connectivity index (χ1v) is 14.7. The van der Waals surface area contributed by atoms with Crippen LogP contribution in [0.3, 0.4) is 0 Å². The summed E-state index contributed by atoms with van der Waals surface area (Å²) in [4.78, 5) is 33.2. The van der Waals surface area contributed by atoms with Gasteiger partial charge in [0.25, 0.3) is 0 Å². The van der Waals surface area contributed by atoms with E-state index in [9.17, 15) is 14.0 Å². The lowest BCUT2D eigenvalue weighted by Crippen LogP contribution is -2.47. The number of aromatic nitrogens is 1. The number of carbonyl (C=O) groups is 2. The van der Waals surface area contributed by atoms with Crippen molar-refractivity contribution in [2.75, 3.05) is 26.2 Å². The predicted molar refractivity (Wildman–Crippen MR) is 164 cm³/mol. The van der Waals surface area contributed by atoms with E-state index in [1.165, 1.54) is 50.5 Å². The fraction of sp³-hybridized carbons (Fsp3) is 0.353. The van der Waals surface area contributed by atoms with E-state index in [1.807, 2.05) is 30.5 Å². The van der Waals surface area contributed by atoms with Crippen molar-refractivity contribution in [2.24, 2.45) is 0 Å². The number of methoxy groups -OCH3 is 3. The van der Waals surface area contributed by atoms with E-state index in [0.717, 1.165) is 48.6 Å². The first kappa shape index (κ1) is 29.9. The van der Waals surface area contributed by atoms with E-state index < -0.39 is 11.9 Å². The van der Waals surface area contributed by atoms with Crippen LogP contribution < -0.4 is 24.4 Å². The maximum absolute atomic E-state index is 14.3. The molecular formula is C34H38FN3O5. The second kappa shape index (κ2) is 13.6. The molecule has 0 bridgehead atoms. The summed E-state index contributed by atoms with van der Waals surface area (Å²) >= 11 is 0. The van der Waals surface area contributed by atoms with Gasteiger partial charge in [-0.15, -0.1) is 0 Å². The second-order valence-corrected chi connectivity index (χ2v) is 10.8. The molecule has 8 nitrogen and oxygen atoms in total. The highest BCUT2D eigenvalue weighted by Crippen LogP contribution is 2.42. The monoisotopic (exact) mass is 587 g/mol. The van der Waals surface area contributed by atoms with Gasteiger partial charge in [-0.25, -0.2) is 4.39 Å². The van der Waals surface area contributed by atoms with Gasteiger partial charge in [-0.2, -0.15) is 0 Å². The number of carbonyl (C=O) groups excluding carboxylic acids is 2. The number of benzene rings is 3. The Morgan fingerprint density at radius 2 is 1.63 bits per heavy atom. The predicted octanol–water partition coefficient (Wildman–Crippen LogP) is 6.49. The minimum absolute atomic E-state index is 0.00202. The van der Waals surface area contributed by atoms with E-state index >= 15 is 0 Å². The van der Waals surface area contributed by atoms with Crippen LogP contribution in [0, 0.1) is 5.82 Å². The number of para-hydroxylation sites is 1. The van der Waals surface area contributed by atoms with E-state index in [4.69, 9.17) is 14.2 Å². The van der Waals surface area contributed by atoms with Crippen molar-refractivity contribution in [1.82, 2.24) is 10.3 Å². The maximum Gasteiger partial charge on any atom is 0.248 e. The van der Waals surface area contributed by atoms with E-state index in [2.05, 4.69) is 10.3 Å². The van der Waals surface area contributed by atoms with Gasteiger partial charge < -0.3 is 24.5 Å². The van der Waals surface area contributed by atoms with Crippen LogP contribution in [0.4, 0.5) is 10.1 Å². The van der Waals surface area contributed by atoms with E-state index in [0.29, 0.717) is 34.9 Å². The third kappa shape index (κ3) is 6.61. The lowest BCUT2D eigenvalue weighted by Gasteiger charge is -2.34. The number of aryl methyl sites for hydroxylation is 1. The molecule has 0 spiro atoms. The van der Waals surface area contributed by atoms with Gasteiger partial charge in [0.2, 0.25) is 17.6 Å². The smallest absolute Gasteiger partial charge is 0.248 e. The Bertz CT molecular complexity index is 1540. The molecular weight excluding hydrogens is 549 g/mol. The van der Waals surface area contributed by atoms with Crippen molar-refractivity contribution >= 4 is 28.4 Å². The Kier molecular flexibility index (Phi) is 9.49. The molecule has 5 rings (SSSR count). The number of amides is 2. The topological polar surface area (TPSA) is 92.9 Å². The third-order valence-electron chi connectivity index (χ3n) is 8.12. The van der Waals surface area contributed by atoms with Gasteiger partial charge >= 0.3 is 0 Å². The molecule has 1 saturated carbocycles. The summed E-state index contributed by atoms with van der Waals surface area (Å²) in [5.41, 5.74) is 2.87. The highest BCUT2D eigenvalue weighted by atomic mass is 19.1. The van der Waals surface area contributed by atoms with Crippen molar-refractivity contribution in [1.29, 1.82) is 0 Å². The van der Waals surface area contributed by atoms with E-state index in [-0.39, 0.29) is 24.3 Å². The zero-order valence-electron chi connectivity index (χ0n) is 24.8. The number of hydrogen-bond acceptors (Lipinski definition) is 5. The van der Waals surface area contributed by atoms with Crippen LogP contribution in [0.25, 0.3) is 10.9 Å². The van der Waals surface area contributed by atoms with Crippen molar-refractivity contribution in [3.63, 3.8) is 0 Å². The quantitative estimate of drug-likeness (QED) is 0.209. The van der Waals surface area contributed by atoms with Crippen LogP contribution in [0.15, 0.2) is 66.9 Å². The molecule has 0 saturated heterocycles. The molecule has 1 aliphatic carbocycles. The summed E-state index contributed by atoms with van der Waals surface area (Å²) in [6, 6.07) is 15.8. The molecule has 2 amide bonds. The standard InChI is InChI=1S/C34H38FN3O5/c1-41-29-19-23(20-30(42-2)33(29)43-3)32(34(40)37-25-9-5-4-6-10-25)38(26-16-14-24(35)15-17-26)31(39)18-13-22-21-36-28-12-8-7-11-27(22)28/h7-8,11-12,14-17,19-21,25,32,36H,4-6,9-10,13,18H2,1-3H3,(H,37,40). The average Bonchev–Trinajstić information content (AvgIpc) is 3.45. The molecule has 1 aliphatic rings. The summed E-state index contributed by atoms with van der Waals surface area (Å²) in [7, 11) is 4.51. The molecule has 0 radical (unpaired) electrons. The average molecular weight is 588 g/mol. The summed E-state index contributed by atoms with van der Waals surface area (Å²) in [6.45, 7) is 0. The van der Waals surface area contributed by atoms with Crippen molar-refractivity contribution in [3.8, 4) is 17.2 Å². The Morgan fingerprint density at radius 3 is 2.28 bits per heavy atom. The molecule has 9 heteroatoms. The Hall–Kier alpha value is -4.53. The Labute approximate surface area is 251 Å². The lowest BCUT2D eigenvalue weighted by molar-refractivity contribution is -0.127. The SMILES string of the molecule is COc1cc(C(C(=O)NC2CCCCC2)N(C(=O)CCc2c[nH]c3ccccc23)c2ccc(F)cc2)cc(OC)c1OC. The molecule has 4 aromatic rings. The largest absolute Gasteiger partial charge is 0.493 e. The zero-order chi connectivity index (χ0) is 30.3. The van der Waals surface area contributed by atoms with Crippen LogP contribution >= 0.6 is 0 Å². The number of nitrogens with zero attached hydrogens (tertiary/aromatic N) is 1. The van der Waals surface area contributed by atoms with Gasteiger partial charge in [-0.1, -0.05) is 37.5 Å². The highest BCUT2D eigenvalue weighted by molar-refractivity contribution is 6.02. The summed E-state index contributed by atoms with van der Waals surface area (Å²) < 4.78 is 30.8. The summed E-state index contributed by atoms with van der Waals surface area (Å²) in [5, 5.41) is 4.25. The number of nitrogens with one attached hydrogen (secondary N) is 2. The Morgan fingerprint density at radius 1 is 0.953 bits per heavy atom. The van der Waals surface area contributed by atoms with Crippen molar-refractivity contribution in [3.05, 3.63) is 83.8 Å². The number of anilines is 1. The van der Waals surface area contributed by atoms with Crippen LogP contribution in [0.2, 0.25) is 0 Å². The van der Waals surface area contributed by atoms with Crippen LogP contribution in [-0.2, 0) is 16.0 Å². The molecule has 2 N–H and O–H groups in total. The first-order valence-electron chi connectivity index (χ1n) is 14.7. The third-order valence-corrected chi connectivity index (χ3v) is 8.12. The van der Waals surface area contributed by atoms with Gasteiger partial charge in [0.15, 0.2) is 11.5 Å². The molecule has 3 aromatic carbocycles. The van der Waals surface area contributed by atoms with E-state index in [1.54, 1.807) is 12.1 Å². The normalized spacial score (nSPS) is 14.2. The summed E-state index contributed by atoms with van der Waals surface area (Å²) in [6.07, 6.45) is 7.43. The van der Waals surface area contributed by atoms with Crippen LogP contribution in [0.5, 0.6) is 17.2 Å².